The number of carbonyl (C=O) groups excluding carboxylic acids is 1. The van der Waals surface area contributed by atoms with Crippen LogP contribution < -0.4 is 0 Å². The maximum Gasteiger partial charge on any atom is 0.305 e. The molecule has 0 heterocycles. The summed E-state index contributed by atoms with van der Waals surface area (Å²) < 4.78 is 4.87. The third kappa shape index (κ3) is 8.09. The molecule has 0 fully saturated rings. The first-order valence-corrected chi connectivity index (χ1v) is 5.86. The molecule has 2 heteroatoms. The first-order valence-electron chi connectivity index (χ1n) is 5.86. The van der Waals surface area contributed by atoms with Gasteiger partial charge >= 0.3 is 5.97 Å². The van der Waals surface area contributed by atoms with Crippen molar-refractivity contribution in [1.29, 1.82) is 0 Å². The van der Waals surface area contributed by atoms with Crippen LogP contribution >= 0.6 is 0 Å². The number of hydrogen-bond acceptors (Lipinski definition) is 2. The van der Waals surface area contributed by atoms with Crippen LogP contribution in [0.25, 0.3) is 0 Å². The van der Waals surface area contributed by atoms with Gasteiger partial charge < -0.3 is 4.74 Å². The van der Waals surface area contributed by atoms with Gasteiger partial charge in [-0.15, -0.1) is 0 Å². The van der Waals surface area contributed by atoms with Crippen LogP contribution in [0.1, 0.15) is 59.3 Å². The second kappa shape index (κ2) is 9.04. The summed E-state index contributed by atoms with van der Waals surface area (Å²) in [4.78, 5) is 11.0. The molecule has 0 saturated heterocycles. The Hall–Kier alpha value is -0.530. The van der Waals surface area contributed by atoms with Gasteiger partial charge in [0.25, 0.3) is 0 Å². The minimum atomic E-state index is -0.0461. The van der Waals surface area contributed by atoms with Crippen LogP contribution in [0.4, 0.5) is 0 Å². The number of carbonyl (C=O) groups is 1. The van der Waals surface area contributed by atoms with Gasteiger partial charge in [-0.05, 0) is 19.3 Å². The fourth-order valence-corrected chi connectivity index (χ4v) is 1.52. The first kappa shape index (κ1) is 13.5. The lowest BCUT2D eigenvalue weighted by Gasteiger charge is -2.09. The number of rotatable bonds is 8. The average molecular weight is 200 g/mol. The summed E-state index contributed by atoms with van der Waals surface area (Å²) >= 11 is 0. The van der Waals surface area contributed by atoms with Crippen molar-refractivity contribution in [3.8, 4) is 0 Å². The maximum absolute atomic E-state index is 11.0. The predicted molar refractivity (Wildman–Crippen MR) is 59.2 cm³/mol. The zero-order valence-electron chi connectivity index (χ0n) is 9.84. The van der Waals surface area contributed by atoms with Crippen LogP contribution in [0.15, 0.2) is 0 Å². The lowest BCUT2D eigenvalue weighted by Crippen LogP contribution is -2.04. The summed E-state index contributed by atoms with van der Waals surface area (Å²) in [7, 11) is 0. The van der Waals surface area contributed by atoms with Crippen molar-refractivity contribution in [2.45, 2.75) is 59.3 Å². The minimum Gasteiger partial charge on any atom is -0.466 e. The van der Waals surface area contributed by atoms with E-state index in [4.69, 9.17) is 4.74 Å². The van der Waals surface area contributed by atoms with Gasteiger partial charge in [0, 0.05) is 6.42 Å². The molecule has 0 rings (SSSR count). The van der Waals surface area contributed by atoms with E-state index in [1.807, 2.05) is 6.92 Å². The van der Waals surface area contributed by atoms with Gasteiger partial charge in [0.15, 0.2) is 0 Å². The minimum absolute atomic E-state index is 0.0461. The topological polar surface area (TPSA) is 26.3 Å². The van der Waals surface area contributed by atoms with E-state index >= 15 is 0 Å². The molecule has 2 nitrogen and oxygen atoms in total. The lowest BCUT2D eigenvalue weighted by atomic mass is 9.98. The number of unbranched alkanes of at least 4 members (excludes halogenated alkanes) is 1. The molecule has 0 aromatic heterocycles. The van der Waals surface area contributed by atoms with E-state index in [-0.39, 0.29) is 5.97 Å². The van der Waals surface area contributed by atoms with Crippen molar-refractivity contribution in [2.24, 2.45) is 5.92 Å². The Morgan fingerprint density at radius 2 is 1.86 bits per heavy atom. The van der Waals surface area contributed by atoms with Gasteiger partial charge in [0.1, 0.15) is 0 Å². The molecule has 0 aromatic rings. The van der Waals surface area contributed by atoms with Crippen LogP contribution in [0.2, 0.25) is 0 Å². The van der Waals surface area contributed by atoms with Gasteiger partial charge in [-0.1, -0.05) is 39.5 Å². The normalized spacial score (nSPS) is 12.5. The van der Waals surface area contributed by atoms with Crippen LogP contribution in [-0.2, 0) is 9.53 Å². The Kier molecular flexibility index (Phi) is 8.70. The fourth-order valence-electron chi connectivity index (χ4n) is 1.52. The quantitative estimate of drug-likeness (QED) is 0.560. The van der Waals surface area contributed by atoms with Crippen LogP contribution in [-0.4, -0.2) is 12.6 Å². The molecule has 0 amide bonds. The van der Waals surface area contributed by atoms with E-state index in [2.05, 4.69) is 13.8 Å². The summed E-state index contributed by atoms with van der Waals surface area (Å²) in [5, 5.41) is 0. The SMILES string of the molecule is CCCCC(C)CCCC(=O)OCC. The molecule has 0 N–H and O–H groups in total. The van der Waals surface area contributed by atoms with Crippen molar-refractivity contribution in [3.63, 3.8) is 0 Å². The smallest absolute Gasteiger partial charge is 0.305 e. The number of hydrogen-bond donors (Lipinski definition) is 0. The van der Waals surface area contributed by atoms with E-state index < -0.39 is 0 Å². The maximum atomic E-state index is 11.0. The highest BCUT2D eigenvalue weighted by molar-refractivity contribution is 5.69. The van der Waals surface area contributed by atoms with Gasteiger partial charge in [0.2, 0.25) is 0 Å². The highest BCUT2D eigenvalue weighted by Gasteiger charge is 2.05. The Balaban J connectivity index is 3.29. The summed E-state index contributed by atoms with van der Waals surface area (Å²) in [5.74, 6) is 0.708. The van der Waals surface area contributed by atoms with Crippen molar-refractivity contribution in [3.05, 3.63) is 0 Å². The second-order valence-electron chi connectivity index (χ2n) is 3.94. The molecule has 1 unspecified atom stereocenters. The Labute approximate surface area is 88.0 Å². The number of esters is 1. The molecule has 0 aromatic carbocycles. The van der Waals surface area contributed by atoms with Gasteiger partial charge in [-0.3, -0.25) is 4.79 Å². The lowest BCUT2D eigenvalue weighted by molar-refractivity contribution is -0.143. The van der Waals surface area contributed by atoms with Gasteiger partial charge in [-0.2, -0.15) is 0 Å². The van der Waals surface area contributed by atoms with Crippen LogP contribution in [0, 0.1) is 5.92 Å². The first-order chi connectivity index (χ1) is 6.70. The van der Waals surface area contributed by atoms with Gasteiger partial charge in [-0.25, -0.2) is 0 Å². The Bertz CT molecular complexity index is 143. The number of ether oxygens (including phenoxy) is 1. The van der Waals surface area contributed by atoms with Crippen LogP contribution in [0.5, 0.6) is 0 Å². The van der Waals surface area contributed by atoms with Gasteiger partial charge in [0.05, 0.1) is 6.61 Å². The van der Waals surface area contributed by atoms with Crippen molar-refractivity contribution in [2.75, 3.05) is 6.61 Å². The molecular weight excluding hydrogens is 176 g/mol. The molecule has 0 saturated carbocycles. The molecular formula is C12H24O2. The zero-order chi connectivity index (χ0) is 10.8. The largest absolute Gasteiger partial charge is 0.466 e. The van der Waals surface area contributed by atoms with E-state index in [1.165, 1.54) is 19.3 Å². The third-order valence-electron chi connectivity index (χ3n) is 2.43. The fraction of sp³-hybridized carbons (Fsp3) is 0.917. The van der Waals surface area contributed by atoms with E-state index in [0.717, 1.165) is 18.8 Å². The molecule has 0 aliphatic carbocycles. The van der Waals surface area contributed by atoms with E-state index in [1.54, 1.807) is 0 Å². The third-order valence-corrected chi connectivity index (χ3v) is 2.43. The molecule has 0 aliphatic rings. The molecule has 0 spiro atoms. The highest BCUT2D eigenvalue weighted by atomic mass is 16.5. The monoisotopic (exact) mass is 200 g/mol. The molecule has 14 heavy (non-hydrogen) atoms. The second-order valence-corrected chi connectivity index (χ2v) is 3.94. The van der Waals surface area contributed by atoms with Crippen molar-refractivity contribution >= 4 is 5.97 Å². The Morgan fingerprint density at radius 3 is 2.43 bits per heavy atom. The van der Waals surface area contributed by atoms with Crippen molar-refractivity contribution < 1.29 is 9.53 Å². The summed E-state index contributed by atoms with van der Waals surface area (Å²) in [6.45, 7) is 6.83. The van der Waals surface area contributed by atoms with Crippen LogP contribution in [0.3, 0.4) is 0 Å². The predicted octanol–water partition coefficient (Wildman–Crippen LogP) is 3.55. The average Bonchev–Trinajstić information content (AvgIpc) is 2.15. The highest BCUT2D eigenvalue weighted by Crippen LogP contribution is 2.15. The Morgan fingerprint density at radius 1 is 1.21 bits per heavy atom. The summed E-state index contributed by atoms with van der Waals surface area (Å²) in [6.07, 6.45) is 6.58. The standard InChI is InChI=1S/C12H24O2/c1-4-6-8-11(3)9-7-10-12(13)14-5-2/h11H,4-10H2,1-3H3. The molecule has 0 bridgehead atoms. The zero-order valence-corrected chi connectivity index (χ0v) is 9.84. The summed E-state index contributed by atoms with van der Waals surface area (Å²) in [5.41, 5.74) is 0. The molecule has 0 radical (unpaired) electrons. The van der Waals surface area contributed by atoms with E-state index in [9.17, 15) is 4.79 Å². The molecule has 84 valence electrons. The molecule has 0 aliphatic heterocycles. The summed E-state index contributed by atoms with van der Waals surface area (Å²) in [6, 6.07) is 0. The molecule has 1 atom stereocenters. The van der Waals surface area contributed by atoms with Crippen molar-refractivity contribution in [1.82, 2.24) is 0 Å². The van der Waals surface area contributed by atoms with E-state index in [0.29, 0.717) is 13.0 Å².